The van der Waals surface area contributed by atoms with Crippen LogP contribution in [-0.2, 0) is 13.3 Å². The number of hydrogen-bond acceptors (Lipinski definition) is 3. The Hall–Kier alpha value is -3.51. The third-order valence-corrected chi connectivity index (χ3v) is 6.11. The van der Waals surface area contributed by atoms with Crippen LogP contribution in [0, 0.1) is 0 Å². The van der Waals surface area contributed by atoms with Crippen molar-refractivity contribution in [3.05, 3.63) is 54.1 Å². The van der Waals surface area contributed by atoms with Gasteiger partial charge >= 0.3 is 0 Å². The molecule has 2 aromatic heterocycles. The average molecular weight is 384 g/mol. The molecule has 0 spiro atoms. The molecule has 6 rings (SSSR count). The molecule has 1 amide bonds. The van der Waals surface area contributed by atoms with Gasteiger partial charge in [-0.1, -0.05) is 36.4 Å². The highest BCUT2D eigenvalue weighted by atomic mass is 16.3. The van der Waals surface area contributed by atoms with Crippen LogP contribution >= 0.6 is 0 Å². The minimum absolute atomic E-state index is 0.0502. The number of para-hydroxylation sites is 2. The van der Waals surface area contributed by atoms with Gasteiger partial charge in [-0.25, -0.2) is 0 Å². The summed E-state index contributed by atoms with van der Waals surface area (Å²) in [7, 11) is 3.69. The summed E-state index contributed by atoms with van der Waals surface area (Å²) in [4.78, 5) is 15.2. The summed E-state index contributed by atoms with van der Waals surface area (Å²) >= 11 is 0. The number of carbonyl (C=O) groups is 1. The molecule has 29 heavy (non-hydrogen) atoms. The summed E-state index contributed by atoms with van der Waals surface area (Å²) < 4.78 is 4.52. The topological polar surface area (TPSA) is 62.4 Å². The van der Waals surface area contributed by atoms with E-state index < -0.39 is 0 Å². The molecular formula is C23H20N4O2. The van der Waals surface area contributed by atoms with E-state index in [1.165, 1.54) is 0 Å². The molecule has 3 aromatic carbocycles. The zero-order chi connectivity index (χ0) is 19.9. The molecule has 0 unspecified atom stereocenters. The van der Waals surface area contributed by atoms with Crippen molar-refractivity contribution in [1.29, 1.82) is 0 Å². The van der Waals surface area contributed by atoms with Crippen LogP contribution in [0.25, 0.3) is 43.6 Å². The number of hydrogen-bond donors (Lipinski definition) is 2. The van der Waals surface area contributed by atoms with E-state index >= 15 is 0 Å². The van der Waals surface area contributed by atoms with Crippen molar-refractivity contribution < 1.29 is 9.90 Å². The molecule has 0 bridgehead atoms. The van der Waals surface area contributed by atoms with Gasteiger partial charge in [0.05, 0.1) is 46.4 Å². The lowest BCUT2D eigenvalue weighted by Crippen LogP contribution is -2.22. The monoisotopic (exact) mass is 384 g/mol. The van der Waals surface area contributed by atoms with Gasteiger partial charge in [0.15, 0.2) is 0 Å². The Morgan fingerprint density at radius 2 is 1.41 bits per heavy atom. The van der Waals surface area contributed by atoms with Gasteiger partial charge in [0.2, 0.25) is 0 Å². The number of aromatic hydroxyl groups is 1. The standard InChI is InChI=1S/C23H20N4O2/c1-24-23(29)19-17-13-7-3-5-9-15(13)26-11-25(2)12-27-16-10-6-4-8-14(16)18(22(19)28)21(27)20(17)26/h3-10,28H,11-12H2,1-2H3,(H,24,29). The molecule has 0 radical (unpaired) electrons. The van der Waals surface area contributed by atoms with Crippen molar-refractivity contribution >= 4 is 49.5 Å². The number of rotatable bonds is 1. The molecule has 3 heterocycles. The second kappa shape index (κ2) is 5.52. The number of benzene rings is 3. The zero-order valence-electron chi connectivity index (χ0n) is 16.2. The Morgan fingerprint density at radius 3 is 2.00 bits per heavy atom. The van der Waals surface area contributed by atoms with Crippen LogP contribution in [0.5, 0.6) is 5.75 Å². The Balaban J connectivity index is 2.03. The molecule has 0 atom stereocenters. The zero-order valence-corrected chi connectivity index (χ0v) is 16.2. The highest BCUT2D eigenvalue weighted by molar-refractivity contribution is 6.31. The van der Waals surface area contributed by atoms with E-state index in [0.717, 1.165) is 43.6 Å². The van der Waals surface area contributed by atoms with Gasteiger partial charge in [-0.2, -0.15) is 0 Å². The summed E-state index contributed by atoms with van der Waals surface area (Å²) in [5, 5.41) is 17.6. The minimum Gasteiger partial charge on any atom is -0.506 e. The van der Waals surface area contributed by atoms with Crippen molar-refractivity contribution in [3.63, 3.8) is 0 Å². The number of fused-ring (bicyclic) bond motifs is 6. The predicted octanol–water partition coefficient (Wildman–Crippen LogP) is 3.83. The molecule has 5 aromatic rings. The maximum atomic E-state index is 13.0. The number of phenolic OH excluding ortho intramolecular Hbond substituents is 1. The summed E-state index contributed by atoms with van der Waals surface area (Å²) in [6.07, 6.45) is 0. The molecule has 0 saturated heterocycles. The highest BCUT2D eigenvalue weighted by Crippen LogP contribution is 2.47. The molecule has 144 valence electrons. The van der Waals surface area contributed by atoms with Crippen LogP contribution in [0.3, 0.4) is 0 Å². The molecule has 6 heteroatoms. The Labute approximate surface area is 166 Å². The van der Waals surface area contributed by atoms with Gasteiger partial charge in [-0.3, -0.25) is 9.69 Å². The minimum atomic E-state index is -0.276. The second-order valence-corrected chi connectivity index (χ2v) is 7.78. The summed E-state index contributed by atoms with van der Waals surface area (Å²) in [6.45, 7) is 1.40. The number of amides is 1. The largest absolute Gasteiger partial charge is 0.506 e. The van der Waals surface area contributed by atoms with Crippen LogP contribution in [0.1, 0.15) is 10.4 Å². The summed E-state index contributed by atoms with van der Waals surface area (Å²) in [5.41, 5.74) is 4.44. The summed E-state index contributed by atoms with van der Waals surface area (Å²) in [5.74, 6) is -0.226. The maximum absolute atomic E-state index is 13.0. The van der Waals surface area contributed by atoms with Crippen molar-refractivity contribution in [2.24, 2.45) is 0 Å². The van der Waals surface area contributed by atoms with E-state index in [0.29, 0.717) is 18.9 Å². The maximum Gasteiger partial charge on any atom is 0.255 e. The summed E-state index contributed by atoms with van der Waals surface area (Å²) in [6, 6.07) is 16.2. The van der Waals surface area contributed by atoms with E-state index in [4.69, 9.17) is 0 Å². The smallest absolute Gasteiger partial charge is 0.255 e. The van der Waals surface area contributed by atoms with Crippen LogP contribution in [-0.4, -0.2) is 39.1 Å². The highest BCUT2D eigenvalue weighted by Gasteiger charge is 2.30. The van der Waals surface area contributed by atoms with Crippen molar-refractivity contribution in [1.82, 2.24) is 19.4 Å². The molecule has 1 aliphatic rings. The first-order valence-corrected chi connectivity index (χ1v) is 9.69. The number of nitrogens with one attached hydrogen (secondary N) is 1. The lowest BCUT2D eigenvalue weighted by Gasteiger charge is -2.17. The van der Waals surface area contributed by atoms with Crippen LogP contribution in [0.2, 0.25) is 0 Å². The quantitative estimate of drug-likeness (QED) is 0.462. The van der Waals surface area contributed by atoms with E-state index in [1.807, 2.05) is 36.4 Å². The Bertz CT molecular complexity index is 1490. The van der Waals surface area contributed by atoms with Crippen molar-refractivity contribution in [3.8, 4) is 5.75 Å². The number of nitrogens with zero attached hydrogens (tertiary/aromatic N) is 3. The first-order valence-electron chi connectivity index (χ1n) is 9.69. The van der Waals surface area contributed by atoms with Crippen molar-refractivity contribution in [2.75, 3.05) is 14.1 Å². The predicted molar refractivity (Wildman–Crippen MR) is 115 cm³/mol. The van der Waals surface area contributed by atoms with Crippen LogP contribution in [0.4, 0.5) is 0 Å². The first-order chi connectivity index (χ1) is 14.1. The van der Waals surface area contributed by atoms with Crippen LogP contribution in [0.15, 0.2) is 48.5 Å². The molecule has 1 aliphatic heterocycles. The third-order valence-electron chi connectivity index (χ3n) is 6.11. The fourth-order valence-electron chi connectivity index (χ4n) is 5.00. The number of carbonyl (C=O) groups excluding carboxylic acids is 1. The van der Waals surface area contributed by atoms with Crippen molar-refractivity contribution in [2.45, 2.75) is 13.3 Å². The molecular weight excluding hydrogens is 364 g/mol. The van der Waals surface area contributed by atoms with Gasteiger partial charge in [0.1, 0.15) is 5.75 Å². The second-order valence-electron chi connectivity index (χ2n) is 7.78. The van der Waals surface area contributed by atoms with E-state index in [-0.39, 0.29) is 11.7 Å². The molecule has 0 saturated carbocycles. The third kappa shape index (κ3) is 1.91. The number of phenols is 1. The van der Waals surface area contributed by atoms with E-state index in [2.05, 4.69) is 38.5 Å². The van der Waals surface area contributed by atoms with Gasteiger partial charge in [-0.15, -0.1) is 0 Å². The Kier molecular flexibility index (Phi) is 3.13. The molecule has 0 aliphatic carbocycles. The van der Waals surface area contributed by atoms with Gasteiger partial charge < -0.3 is 19.6 Å². The lowest BCUT2D eigenvalue weighted by atomic mass is 10.00. The van der Waals surface area contributed by atoms with Gasteiger partial charge in [0.25, 0.3) is 5.91 Å². The first kappa shape index (κ1) is 16.4. The molecule has 2 N–H and O–H groups in total. The lowest BCUT2D eigenvalue weighted by molar-refractivity contribution is 0.0962. The number of aromatic nitrogens is 2. The molecule has 6 nitrogen and oxygen atoms in total. The fraction of sp³-hybridized carbons (Fsp3) is 0.174. The average Bonchev–Trinajstić information content (AvgIpc) is 3.16. The fourth-order valence-corrected chi connectivity index (χ4v) is 5.00. The van der Waals surface area contributed by atoms with E-state index in [9.17, 15) is 9.90 Å². The van der Waals surface area contributed by atoms with E-state index in [1.54, 1.807) is 7.05 Å². The SMILES string of the molecule is CNC(=O)c1c(O)c2c3ccccc3n3c2c2c1c1ccccc1n2CN(C)C3. The van der Waals surface area contributed by atoms with Crippen LogP contribution < -0.4 is 5.32 Å². The van der Waals surface area contributed by atoms with Gasteiger partial charge in [0, 0.05) is 23.2 Å². The Morgan fingerprint density at radius 1 is 0.897 bits per heavy atom. The molecule has 0 fully saturated rings. The van der Waals surface area contributed by atoms with Gasteiger partial charge in [-0.05, 0) is 19.2 Å². The normalized spacial score (nSPS) is 14.4.